The van der Waals surface area contributed by atoms with Gasteiger partial charge in [0, 0.05) is 18.8 Å². The molecule has 4 heteroatoms. The maximum Gasteiger partial charge on any atom is 0.316 e. The standard InChI is InChI=1S/C14H17NO2.ClH/c1-2-17-13(16)14-7-9-15(10-8-14)12-6-4-3-5-11(12)14;/h3-6H,2,7-10H2,1H3;1H. The maximum absolute atomic E-state index is 12.3. The molecule has 98 valence electrons. The number of rotatable bonds is 2. The molecule has 0 amide bonds. The third-order valence-electron chi connectivity index (χ3n) is 4.04. The number of carbonyl (C=O) groups excluding carboxylic acids is 1. The molecule has 3 aliphatic heterocycles. The molecule has 2 bridgehead atoms. The molecule has 0 radical (unpaired) electrons. The van der Waals surface area contributed by atoms with Gasteiger partial charge < -0.3 is 9.64 Å². The minimum absolute atomic E-state index is 0. The summed E-state index contributed by atoms with van der Waals surface area (Å²) in [6.45, 7) is 4.27. The highest BCUT2D eigenvalue weighted by Gasteiger charge is 2.49. The number of ether oxygens (including phenoxy) is 1. The number of benzene rings is 1. The van der Waals surface area contributed by atoms with Crippen LogP contribution in [0.4, 0.5) is 5.69 Å². The Morgan fingerprint density at radius 2 is 2.00 bits per heavy atom. The summed E-state index contributed by atoms with van der Waals surface area (Å²) in [6, 6.07) is 8.25. The fourth-order valence-electron chi connectivity index (χ4n) is 3.14. The first-order valence-corrected chi connectivity index (χ1v) is 6.29. The van der Waals surface area contributed by atoms with E-state index in [0.717, 1.165) is 31.5 Å². The van der Waals surface area contributed by atoms with E-state index in [1.807, 2.05) is 19.1 Å². The minimum atomic E-state index is -0.374. The molecule has 3 aliphatic rings. The van der Waals surface area contributed by atoms with Crippen LogP contribution in [0.3, 0.4) is 0 Å². The molecule has 1 aromatic rings. The highest BCUT2D eigenvalue weighted by Crippen LogP contribution is 2.47. The summed E-state index contributed by atoms with van der Waals surface area (Å²) in [7, 11) is 0. The smallest absolute Gasteiger partial charge is 0.316 e. The molecule has 0 spiro atoms. The van der Waals surface area contributed by atoms with Crippen LogP contribution < -0.4 is 4.90 Å². The third-order valence-corrected chi connectivity index (χ3v) is 4.04. The predicted octanol–water partition coefficient (Wildman–Crippen LogP) is 2.52. The van der Waals surface area contributed by atoms with Gasteiger partial charge in [-0.05, 0) is 31.4 Å². The lowest BCUT2D eigenvalue weighted by Gasteiger charge is -2.48. The van der Waals surface area contributed by atoms with Crippen molar-refractivity contribution in [2.24, 2.45) is 0 Å². The van der Waals surface area contributed by atoms with Gasteiger partial charge >= 0.3 is 5.97 Å². The lowest BCUT2D eigenvalue weighted by Crippen LogP contribution is -2.53. The summed E-state index contributed by atoms with van der Waals surface area (Å²) in [5.74, 6) is -0.0354. The highest BCUT2D eigenvalue weighted by atomic mass is 35.5. The molecule has 3 heterocycles. The van der Waals surface area contributed by atoms with Crippen molar-refractivity contribution in [3.8, 4) is 0 Å². The largest absolute Gasteiger partial charge is 0.465 e. The van der Waals surface area contributed by atoms with E-state index < -0.39 is 0 Å². The zero-order valence-electron chi connectivity index (χ0n) is 10.5. The van der Waals surface area contributed by atoms with Gasteiger partial charge in [0.1, 0.15) is 0 Å². The van der Waals surface area contributed by atoms with Crippen molar-refractivity contribution in [2.45, 2.75) is 25.2 Å². The van der Waals surface area contributed by atoms with Crippen molar-refractivity contribution in [1.29, 1.82) is 0 Å². The Morgan fingerprint density at radius 1 is 1.33 bits per heavy atom. The van der Waals surface area contributed by atoms with Crippen molar-refractivity contribution >= 4 is 24.1 Å². The summed E-state index contributed by atoms with van der Waals surface area (Å²) in [4.78, 5) is 14.7. The van der Waals surface area contributed by atoms with Gasteiger partial charge in [-0.1, -0.05) is 18.2 Å². The number of esters is 1. The van der Waals surface area contributed by atoms with Crippen molar-refractivity contribution in [3.63, 3.8) is 0 Å². The van der Waals surface area contributed by atoms with Crippen molar-refractivity contribution in [1.82, 2.24) is 0 Å². The first-order valence-electron chi connectivity index (χ1n) is 6.29. The van der Waals surface area contributed by atoms with E-state index in [1.54, 1.807) is 0 Å². The maximum atomic E-state index is 12.3. The van der Waals surface area contributed by atoms with Gasteiger partial charge in [0.2, 0.25) is 0 Å². The SMILES string of the molecule is CCOC(=O)C12CCN(CC1)c1ccccc12.Cl. The fourth-order valence-corrected chi connectivity index (χ4v) is 3.14. The molecular formula is C14H18ClNO2. The van der Waals surface area contributed by atoms with Gasteiger partial charge in [-0.25, -0.2) is 0 Å². The Labute approximate surface area is 114 Å². The van der Waals surface area contributed by atoms with Crippen LogP contribution in [0, 0.1) is 0 Å². The predicted molar refractivity (Wildman–Crippen MR) is 73.4 cm³/mol. The van der Waals surface area contributed by atoms with Crippen LogP contribution >= 0.6 is 12.4 Å². The van der Waals surface area contributed by atoms with Gasteiger partial charge in [0.15, 0.2) is 0 Å². The Hall–Kier alpha value is -1.22. The second-order valence-corrected chi connectivity index (χ2v) is 4.81. The van der Waals surface area contributed by atoms with Crippen LogP contribution in [0.25, 0.3) is 0 Å². The average molecular weight is 268 g/mol. The van der Waals surface area contributed by atoms with E-state index in [1.165, 1.54) is 5.69 Å². The van der Waals surface area contributed by atoms with Gasteiger partial charge in [0.25, 0.3) is 0 Å². The zero-order chi connectivity index (χ0) is 11.9. The molecule has 0 N–H and O–H groups in total. The molecule has 0 unspecified atom stereocenters. The Balaban J connectivity index is 0.00000120. The summed E-state index contributed by atoms with van der Waals surface area (Å²) in [5, 5.41) is 0. The van der Waals surface area contributed by atoms with Gasteiger partial charge in [-0.3, -0.25) is 4.79 Å². The quantitative estimate of drug-likeness (QED) is 0.771. The van der Waals surface area contributed by atoms with Crippen LogP contribution in [0.2, 0.25) is 0 Å². The molecule has 1 aromatic carbocycles. The summed E-state index contributed by atoms with van der Waals surface area (Å²) >= 11 is 0. The second kappa shape index (κ2) is 4.81. The van der Waals surface area contributed by atoms with Crippen LogP contribution in [0.15, 0.2) is 24.3 Å². The van der Waals surface area contributed by atoms with Gasteiger partial charge in [0.05, 0.1) is 12.0 Å². The fraction of sp³-hybridized carbons (Fsp3) is 0.500. The van der Waals surface area contributed by atoms with Gasteiger partial charge in [-0.2, -0.15) is 0 Å². The Bertz CT molecular complexity index is 453. The molecule has 4 rings (SSSR count). The lowest BCUT2D eigenvalue weighted by molar-refractivity contribution is -0.151. The number of halogens is 1. The monoisotopic (exact) mass is 267 g/mol. The molecule has 3 nitrogen and oxygen atoms in total. The zero-order valence-corrected chi connectivity index (χ0v) is 11.3. The third kappa shape index (κ3) is 1.69. The van der Waals surface area contributed by atoms with Crippen LogP contribution in [-0.2, 0) is 14.9 Å². The van der Waals surface area contributed by atoms with Gasteiger partial charge in [-0.15, -0.1) is 12.4 Å². The van der Waals surface area contributed by atoms with E-state index >= 15 is 0 Å². The molecular weight excluding hydrogens is 250 g/mol. The van der Waals surface area contributed by atoms with E-state index in [0.29, 0.717) is 6.61 Å². The van der Waals surface area contributed by atoms with Crippen molar-refractivity contribution in [2.75, 3.05) is 24.6 Å². The number of nitrogens with zero attached hydrogens (tertiary/aromatic N) is 1. The van der Waals surface area contributed by atoms with Crippen LogP contribution in [0.1, 0.15) is 25.3 Å². The van der Waals surface area contributed by atoms with Crippen LogP contribution in [-0.4, -0.2) is 25.7 Å². The van der Waals surface area contributed by atoms with Crippen LogP contribution in [0.5, 0.6) is 0 Å². The van der Waals surface area contributed by atoms with E-state index in [-0.39, 0.29) is 23.8 Å². The van der Waals surface area contributed by atoms with E-state index in [2.05, 4.69) is 17.0 Å². The molecule has 1 fully saturated rings. The number of hydrogen-bond acceptors (Lipinski definition) is 3. The van der Waals surface area contributed by atoms with Crippen molar-refractivity contribution in [3.05, 3.63) is 29.8 Å². The first kappa shape index (κ1) is 13.2. The molecule has 18 heavy (non-hydrogen) atoms. The number of fused-ring (bicyclic) bond motifs is 2. The molecule has 0 aromatic heterocycles. The number of hydrogen-bond donors (Lipinski definition) is 0. The average Bonchev–Trinajstić information content (AvgIpc) is 2.41. The first-order chi connectivity index (χ1) is 8.28. The molecule has 0 aliphatic carbocycles. The second-order valence-electron chi connectivity index (χ2n) is 4.81. The normalized spacial score (nSPS) is 18.8. The number of anilines is 1. The summed E-state index contributed by atoms with van der Waals surface area (Å²) < 4.78 is 5.30. The number of piperidine rings is 1. The Kier molecular flexibility index (Phi) is 3.53. The topological polar surface area (TPSA) is 29.5 Å². The van der Waals surface area contributed by atoms with E-state index in [4.69, 9.17) is 4.74 Å². The lowest BCUT2D eigenvalue weighted by atomic mass is 9.68. The number of para-hydroxylation sites is 1. The highest BCUT2D eigenvalue weighted by molar-refractivity contribution is 5.88. The molecule has 0 atom stereocenters. The molecule has 0 saturated carbocycles. The number of carbonyl (C=O) groups is 1. The molecule has 1 saturated heterocycles. The van der Waals surface area contributed by atoms with Crippen molar-refractivity contribution < 1.29 is 9.53 Å². The van der Waals surface area contributed by atoms with E-state index in [9.17, 15) is 4.79 Å². The Morgan fingerprint density at radius 3 is 2.67 bits per heavy atom. The summed E-state index contributed by atoms with van der Waals surface area (Å²) in [5.41, 5.74) is 2.01. The minimum Gasteiger partial charge on any atom is -0.465 e. The summed E-state index contributed by atoms with van der Waals surface area (Å²) in [6.07, 6.45) is 1.78.